The monoisotopic (exact) mass is 283 g/mol. The van der Waals surface area contributed by atoms with Crippen molar-refractivity contribution in [1.29, 1.82) is 0 Å². The Morgan fingerprint density at radius 2 is 2.05 bits per heavy atom. The van der Waals surface area contributed by atoms with E-state index in [0.717, 1.165) is 50.2 Å². The topological polar surface area (TPSA) is 64.8 Å². The Balaban J connectivity index is 1.86. The highest BCUT2D eigenvalue weighted by Gasteiger charge is 2.32. The molecule has 1 aromatic rings. The summed E-state index contributed by atoms with van der Waals surface area (Å²) in [7, 11) is -2.92. The number of fused-ring (bicyclic) bond motifs is 1. The molecule has 1 fully saturated rings. The van der Waals surface area contributed by atoms with Crippen LogP contribution >= 0.6 is 0 Å². The van der Waals surface area contributed by atoms with Crippen LogP contribution in [0.1, 0.15) is 56.7 Å². The van der Waals surface area contributed by atoms with Crippen LogP contribution in [0.25, 0.3) is 0 Å². The number of sulfone groups is 1. The highest BCUT2D eigenvalue weighted by Crippen LogP contribution is 2.28. The highest BCUT2D eigenvalue weighted by atomic mass is 32.2. The first kappa shape index (κ1) is 13.1. The number of hydrogen-bond donors (Lipinski definition) is 0. The maximum absolute atomic E-state index is 12.1. The van der Waals surface area contributed by atoms with Crippen molar-refractivity contribution in [3.63, 3.8) is 0 Å². The zero-order valence-corrected chi connectivity index (χ0v) is 12.2. The average Bonchev–Trinajstić information content (AvgIpc) is 2.77. The first-order valence-electron chi connectivity index (χ1n) is 7.22. The lowest BCUT2D eigenvalue weighted by atomic mass is 10.1. The van der Waals surface area contributed by atoms with E-state index in [9.17, 15) is 8.42 Å². The SMILES string of the molecule is CC1CCCc2nnc(CC3CCCCS3(=O)=O)n21. The summed E-state index contributed by atoms with van der Waals surface area (Å²) in [4.78, 5) is 0. The molecule has 2 unspecified atom stereocenters. The van der Waals surface area contributed by atoms with Crippen LogP contribution in [0.5, 0.6) is 0 Å². The standard InChI is InChI=1S/C13H21N3O2S/c1-10-5-4-7-12-14-15-13(16(10)12)9-11-6-2-3-8-19(11,17)18/h10-11H,2-9H2,1H3. The van der Waals surface area contributed by atoms with Gasteiger partial charge in [0.15, 0.2) is 9.84 Å². The molecule has 0 radical (unpaired) electrons. The van der Waals surface area contributed by atoms with Crippen LogP contribution in [0, 0.1) is 0 Å². The van der Waals surface area contributed by atoms with Crippen molar-refractivity contribution in [2.45, 2.75) is 63.2 Å². The molecule has 0 N–H and O–H groups in total. The van der Waals surface area contributed by atoms with Crippen LogP contribution in [-0.4, -0.2) is 34.2 Å². The van der Waals surface area contributed by atoms with Crippen molar-refractivity contribution >= 4 is 9.84 Å². The minimum absolute atomic E-state index is 0.247. The Bertz CT molecular complexity index is 564. The summed E-state index contributed by atoms with van der Waals surface area (Å²) in [6.45, 7) is 2.17. The summed E-state index contributed by atoms with van der Waals surface area (Å²) in [5.74, 6) is 2.24. The van der Waals surface area contributed by atoms with E-state index in [4.69, 9.17) is 0 Å². The predicted molar refractivity (Wildman–Crippen MR) is 72.8 cm³/mol. The summed E-state index contributed by atoms with van der Waals surface area (Å²) in [5, 5.41) is 8.25. The molecule has 19 heavy (non-hydrogen) atoms. The fourth-order valence-corrected chi connectivity index (χ4v) is 5.19. The third-order valence-electron chi connectivity index (χ3n) is 4.42. The molecule has 1 saturated heterocycles. The number of hydrogen-bond acceptors (Lipinski definition) is 4. The second kappa shape index (κ2) is 4.89. The molecule has 0 aliphatic carbocycles. The van der Waals surface area contributed by atoms with Crippen molar-refractivity contribution in [1.82, 2.24) is 14.8 Å². The minimum atomic E-state index is -2.92. The van der Waals surface area contributed by atoms with E-state index in [1.807, 2.05) is 0 Å². The number of aromatic nitrogens is 3. The molecule has 2 atom stereocenters. The number of aryl methyl sites for hydroxylation is 1. The Kier molecular flexibility index (Phi) is 3.37. The molecule has 6 heteroatoms. The van der Waals surface area contributed by atoms with Crippen LogP contribution in [0.2, 0.25) is 0 Å². The van der Waals surface area contributed by atoms with Crippen LogP contribution in [-0.2, 0) is 22.7 Å². The molecule has 5 nitrogen and oxygen atoms in total. The lowest BCUT2D eigenvalue weighted by Crippen LogP contribution is -2.32. The smallest absolute Gasteiger partial charge is 0.153 e. The van der Waals surface area contributed by atoms with Gasteiger partial charge in [0.05, 0.1) is 11.0 Å². The fourth-order valence-electron chi connectivity index (χ4n) is 3.32. The molecule has 2 aliphatic rings. The second-order valence-corrected chi connectivity index (χ2v) is 8.23. The largest absolute Gasteiger partial charge is 0.312 e. The van der Waals surface area contributed by atoms with Crippen LogP contribution in [0.15, 0.2) is 0 Å². The van der Waals surface area contributed by atoms with Gasteiger partial charge in [-0.2, -0.15) is 0 Å². The molecule has 3 rings (SSSR count). The van der Waals surface area contributed by atoms with Crippen molar-refractivity contribution in [2.75, 3.05) is 5.75 Å². The molecular weight excluding hydrogens is 262 g/mol. The Morgan fingerprint density at radius 1 is 1.21 bits per heavy atom. The van der Waals surface area contributed by atoms with Gasteiger partial charge in [0.2, 0.25) is 0 Å². The molecule has 0 bridgehead atoms. The van der Waals surface area contributed by atoms with Gasteiger partial charge in [-0.25, -0.2) is 8.42 Å². The zero-order valence-electron chi connectivity index (χ0n) is 11.4. The fraction of sp³-hybridized carbons (Fsp3) is 0.846. The lowest BCUT2D eigenvalue weighted by molar-refractivity contribution is 0.410. The van der Waals surface area contributed by atoms with Gasteiger partial charge in [-0.3, -0.25) is 0 Å². The maximum atomic E-state index is 12.1. The first-order valence-corrected chi connectivity index (χ1v) is 8.93. The summed E-state index contributed by atoms with van der Waals surface area (Å²) in [5.41, 5.74) is 0. The van der Waals surface area contributed by atoms with Gasteiger partial charge in [0.1, 0.15) is 11.6 Å². The zero-order chi connectivity index (χ0) is 13.5. The lowest BCUT2D eigenvalue weighted by Gasteiger charge is -2.25. The van der Waals surface area contributed by atoms with Gasteiger partial charge in [-0.05, 0) is 32.6 Å². The third-order valence-corrected chi connectivity index (χ3v) is 6.70. The molecule has 3 heterocycles. The molecule has 0 saturated carbocycles. The van der Waals surface area contributed by atoms with E-state index >= 15 is 0 Å². The number of rotatable bonds is 2. The van der Waals surface area contributed by atoms with Crippen LogP contribution < -0.4 is 0 Å². The molecule has 2 aliphatic heterocycles. The molecule has 106 valence electrons. The van der Waals surface area contributed by atoms with E-state index in [1.165, 1.54) is 0 Å². The van der Waals surface area contributed by atoms with Crippen LogP contribution in [0.4, 0.5) is 0 Å². The van der Waals surface area contributed by atoms with Gasteiger partial charge in [0.25, 0.3) is 0 Å². The number of nitrogens with zero attached hydrogens (tertiary/aromatic N) is 3. The summed E-state index contributed by atoms with van der Waals surface area (Å²) >= 11 is 0. The summed E-state index contributed by atoms with van der Waals surface area (Å²) in [6, 6.07) is 0.403. The van der Waals surface area contributed by atoms with E-state index in [1.54, 1.807) is 0 Å². The molecule has 0 amide bonds. The second-order valence-electron chi connectivity index (χ2n) is 5.83. The maximum Gasteiger partial charge on any atom is 0.153 e. The van der Waals surface area contributed by atoms with Crippen molar-refractivity contribution in [2.24, 2.45) is 0 Å². The normalized spacial score (nSPS) is 29.9. The third kappa shape index (κ3) is 2.42. The Labute approximate surface area is 114 Å². The van der Waals surface area contributed by atoms with Gasteiger partial charge in [-0.1, -0.05) is 6.42 Å². The first-order chi connectivity index (χ1) is 9.08. The van der Waals surface area contributed by atoms with Crippen molar-refractivity contribution < 1.29 is 8.42 Å². The van der Waals surface area contributed by atoms with Gasteiger partial charge < -0.3 is 4.57 Å². The highest BCUT2D eigenvalue weighted by molar-refractivity contribution is 7.92. The summed E-state index contributed by atoms with van der Waals surface area (Å²) < 4.78 is 26.4. The minimum Gasteiger partial charge on any atom is -0.312 e. The predicted octanol–water partition coefficient (Wildman–Crippen LogP) is 1.69. The molecule has 1 aromatic heterocycles. The van der Waals surface area contributed by atoms with Gasteiger partial charge in [0, 0.05) is 18.9 Å². The van der Waals surface area contributed by atoms with E-state index in [2.05, 4.69) is 21.7 Å². The molecule has 0 spiro atoms. The molecule has 0 aromatic carbocycles. The molecular formula is C13H21N3O2S. The van der Waals surface area contributed by atoms with Crippen molar-refractivity contribution in [3.05, 3.63) is 11.6 Å². The van der Waals surface area contributed by atoms with Gasteiger partial charge in [-0.15, -0.1) is 10.2 Å². The average molecular weight is 283 g/mol. The summed E-state index contributed by atoms with van der Waals surface area (Å²) in [6.07, 6.45) is 6.40. The van der Waals surface area contributed by atoms with Gasteiger partial charge >= 0.3 is 0 Å². The Morgan fingerprint density at radius 3 is 2.84 bits per heavy atom. The van der Waals surface area contributed by atoms with E-state index < -0.39 is 9.84 Å². The Hall–Kier alpha value is -0.910. The quantitative estimate of drug-likeness (QED) is 0.828. The van der Waals surface area contributed by atoms with Crippen LogP contribution in [0.3, 0.4) is 0 Å². The van der Waals surface area contributed by atoms with Crippen molar-refractivity contribution in [3.8, 4) is 0 Å². The van der Waals surface area contributed by atoms with E-state index in [-0.39, 0.29) is 5.25 Å². The van der Waals surface area contributed by atoms with E-state index in [0.29, 0.717) is 18.2 Å².